The van der Waals surface area contributed by atoms with Crippen molar-refractivity contribution in [1.82, 2.24) is 14.8 Å². The van der Waals surface area contributed by atoms with Crippen LogP contribution in [-0.2, 0) is 4.74 Å². The number of anilines is 1. The molecular weight excluding hydrogens is 380 g/mol. The zero-order valence-corrected chi connectivity index (χ0v) is 16.8. The van der Waals surface area contributed by atoms with Crippen LogP contribution in [0.2, 0.25) is 0 Å². The van der Waals surface area contributed by atoms with Crippen molar-refractivity contribution in [3.05, 3.63) is 78.1 Å². The highest BCUT2D eigenvalue weighted by Gasteiger charge is 2.15. The second kappa shape index (κ2) is 8.75. The van der Waals surface area contributed by atoms with Gasteiger partial charge in [-0.15, -0.1) is 0 Å². The minimum absolute atomic E-state index is 0.216. The maximum Gasteiger partial charge on any atom is 0.255 e. The Labute approximate surface area is 174 Å². The molecule has 2 aromatic heterocycles. The number of nitrogens with zero attached hydrogens (tertiary/aromatic N) is 3. The fourth-order valence-electron chi connectivity index (χ4n) is 3.30. The summed E-state index contributed by atoms with van der Waals surface area (Å²) in [5.41, 5.74) is 4.77. The van der Waals surface area contributed by atoms with Gasteiger partial charge in [0.25, 0.3) is 5.91 Å². The molecule has 7 heteroatoms. The van der Waals surface area contributed by atoms with Crippen LogP contribution in [0.25, 0.3) is 16.6 Å². The Kier molecular flexibility index (Phi) is 5.72. The molecule has 0 aliphatic heterocycles. The summed E-state index contributed by atoms with van der Waals surface area (Å²) in [6.07, 6.45) is 1.69. The van der Waals surface area contributed by atoms with E-state index in [-0.39, 0.29) is 5.91 Å². The second-order valence-electron chi connectivity index (χ2n) is 6.73. The average molecular weight is 402 g/mol. The van der Waals surface area contributed by atoms with Crippen LogP contribution < -0.4 is 10.1 Å². The first kappa shape index (κ1) is 19.6. The van der Waals surface area contributed by atoms with Crippen molar-refractivity contribution in [3.63, 3.8) is 0 Å². The molecule has 0 aliphatic rings. The fourth-order valence-corrected chi connectivity index (χ4v) is 3.30. The summed E-state index contributed by atoms with van der Waals surface area (Å²) in [4.78, 5) is 12.9. The van der Waals surface area contributed by atoms with Gasteiger partial charge in [-0.2, -0.15) is 14.8 Å². The Bertz CT molecular complexity index is 1190. The van der Waals surface area contributed by atoms with Gasteiger partial charge in [0.1, 0.15) is 12.4 Å². The van der Waals surface area contributed by atoms with Gasteiger partial charge in [0.15, 0.2) is 0 Å². The van der Waals surface area contributed by atoms with E-state index >= 15 is 0 Å². The second-order valence-corrected chi connectivity index (χ2v) is 6.73. The number of benzene rings is 2. The molecule has 0 saturated heterocycles. The van der Waals surface area contributed by atoms with Gasteiger partial charge in [0, 0.05) is 24.4 Å². The van der Waals surface area contributed by atoms with Crippen molar-refractivity contribution in [3.8, 4) is 16.9 Å². The number of para-hydroxylation sites is 2. The molecule has 0 bridgehead atoms. The normalized spacial score (nSPS) is 10.9. The molecule has 7 nitrogen and oxygen atoms in total. The summed E-state index contributed by atoms with van der Waals surface area (Å²) in [5.74, 6) is 0.385. The van der Waals surface area contributed by atoms with Crippen LogP contribution in [0.4, 0.5) is 5.69 Å². The number of hydrogen-bond donors (Lipinski definition) is 1. The molecule has 30 heavy (non-hydrogen) atoms. The van der Waals surface area contributed by atoms with Crippen molar-refractivity contribution in [2.75, 3.05) is 25.6 Å². The first-order valence-electron chi connectivity index (χ1n) is 9.60. The SMILES string of the molecule is COCCOc1ccccc1NC(=O)c1cccc(-c2c(C)nn3ncccc23)c1. The lowest BCUT2D eigenvalue weighted by Gasteiger charge is -2.12. The number of carbonyl (C=O) groups excluding carboxylic acids is 1. The molecule has 0 aliphatic carbocycles. The van der Waals surface area contributed by atoms with Gasteiger partial charge < -0.3 is 14.8 Å². The zero-order valence-electron chi connectivity index (χ0n) is 16.8. The number of amides is 1. The van der Waals surface area contributed by atoms with E-state index in [9.17, 15) is 4.79 Å². The Hall–Kier alpha value is -3.71. The summed E-state index contributed by atoms with van der Waals surface area (Å²) in [5, 5.41) is 11.6. The summed E-state index contributed by atoms with van der Waals surface area (Å²) in [6.45, 7) is 2.81. The molecule has 4 aromatic rings. The maximum absolute atomic E-state index is 12.9. The number of aryl methyl sites for hydroxylation is 1. The van der Waals surface area contributed by atoms with Gasteiger partial charge in [-0.25, -0.2) is 0 Å². The first-order chi connectivity index (χ1) is 14.7. The third-order valence-corrected chi connectivity index (χ3v) is 4.69. The monoisotopic (exact) mass is 402 g/mol. The number of hydrogen-bond acceptors (Lipinski definition) is 5. The predicted molar refractivity (Wildman–Crippen MR) is 115 cm³/mol. The minimum atomic E-state index is -0.216. The third kappa shape index (κ3) is 4.01. The Morgan fingerprint density at radius 1 is 1.07 bits per heavy atom. The molecule has 0 fully saturated rings. The number of carbonyl (C=O) groups is 1. The number of ether oxygens (including phenoxy) is 2. The summed E-state index contributed by atoms with van der Waals surface area (Å²) in [7, 11) is 1.62. The van der Waals surface area contributed by atoms with Crippen LogP contribution in [0.15, 0.2) is 66.9 Å². The zero-order chi connectivity index (χ0) is 20.9. The predicted octanol–water partition coefficient (Wildman–Crippen LogP) is 3.98. The first-order valence-corrected chi connectivity index (χ1v) is 9.60. The van der Waals surface area contributed by atoms with Gasteiger partial charge in [-0.3, -0.25) is 4.79 Å². The summed E-state index contributed by atoms with van der Waals surface area (Å²) >= 11 is 0. The molecule has 0 unspecified atom stereocenters. The van der Waals surface area contributed by atoms with Gasteiger partial charge in [0.2, 0.25) is 0 Å². The molecule has 0 spiro atoms. The number of nitrogens with one attached hydrogen (secondary N) is 1. The largest absolute Gasteiger partial charge is 0.489 e. The van der Waals surface area contributed by atoms with Gasteiger partial charge in [-0.05, 0) is 48.9 Å². The smallest absolute Gasteiger partial charge is 0.255 e. The van der Waals surface area contributed by atoms with E-state index in [1.54, 1.807) is 24.0 Å². The Morgan fingerprint density at radius 3 is 2.80 bits per heavy atom. The number of methoxy groups -OCH3 is 1. The van der Waals surface area contributed by atoms with E-state index in [2.05, 4.69) is 15.5 Å². The fraction of sp³-hybridized carbons (Fsp3) is 0.174. The Morgan fingerprint density at radius 2 is 1.93 bits per heavy atom. The van der Waals surface area contributed by atoms with Gasteiger partial charge in [-0.1, -0.05) is 24.3 Å². The van der Waals surface area contributed by atoms with E-state index in [1.807, 2.05) is 61.5 Å². The van der Waals surface area contributed by atoms with Crippen molar-refractivity contribution in [2.24, 2.45) is 0 Å². The highest BCUT2D eigenvalue weighted by atomic mass is 16.5. The van der Waals surface area contributed by atoms with E-state index in [4.69, 9.17) is 9.47 Å². The number of aromatic nitrogens is 3. The highest BCUT2D eigenvalue weighted by Crippen LogP contribution is 2.29. The van der Waals surface area contributed by atoms with E-state index < -0.39 is 0 Å². The molecule has 4 rings (SSSR count). The Balaban J connectivity index is 1.61. The average Bonchev–Trinajstić information content (AvgIpc) is 3.11. The van der Waals surface area contributed by atoms with Crippen LogP contribution in [0, 0.1) is 6.92 Å². The van der Waals surface area contributed by atoms with Crippen LogP contribution >= 0.6 is 0 Å². The van der Waals surface area contributed by atoms with Gasteiger partial charge >= 0.3 is 0 Å². The highest BCUT2D eigenvalue weighted by molar-refractivity contribution is 6.06. The van der Waals surface area contributed by atoms with Crippen LogP contribution in [0.1, 0.15) is 16.1 Å². The molecule has 1 N–H and O–H groups in total. The quantitative estimate of drug-likeness (QED) is 0.473. The molecule has 0 saturated carbocycles. The molecule has 2 aromatic carbocycles. The molecule has 2 heterocycles. The summed E-state index contributed by atoms with van der Waals surface area (Å²) < 4.78 is 12.3. The van der Waals surface area contributed by atoms with Crippen molar-refractivity contribution in [2.45, 2.75) is 6.92 Å². The summed E-state index contributed by atoms with van der Waals surface area (Å²) in [6, 6.07) is 18.7. The number of fused-ring (bicyclic) bond motifs is 1. The van der Waals surface area contributed by atoms with Crippen LogP contribution in [0.5, 0.6) is 5.75 Å². The molecular formula is C23H22N4O3. The van der Waals surface area contributed by atoms with Crippen molar-refractivity contribution < 1.29 is 14.3 Å². The number of rotatable bonds is 7. The van der Waals surface area contributed by atoms with Crippen molar-refractivity contribution >= 4 is 17.1 Å². The lowest BCUT2D eigenvalue weighted by Crippen LogP contribution is -2.14. The molecule has 0 radical (unpaired) electrons. The lowest BCUT2D eigenvalue weighted by atomic mass is 10.0. The van der Waals surface area contributed by atoms with E-state index in [0.29, 0.717) is 30.2 Å². The van der Waals surface area contributed by atoms with Crippen LogP contribution in [-0.4, -0.2) is 41.1 Å². The van der Waals surface area contributed by atoms with Crippen molar-refractivity contribution in [1.29, 1.82) is 0 Å². The van der Waals surface area contributed by atoms with E-state index in [0.717, 1.165) is 22.3 Å². The van der Waals surface area contributed by atoms with Gasteiger partial charge in [0.05, 0.1) is 23.5 Å². The standard InChI is InChI=1S/C23H22N4O3/c1-16-22(20-10-6-12-24-27(20)26-16)17-7-5-8-18(15-17)23(28)25-19-9-3-4-11-21(19)30-14-13-29-2/h3-12,15H,13-14H2,1-2H3,(H,25,28). The van der Waals surface area contributed by atoms with Crippen LogP contribution in [0.3, 0.4) is 0 Å². The molecule has 0 atom stereocenters. The van der Waals surface area contributed by atoms with E-state index in [1.165, 1.54) is 0 Å². The minimum Gasteiger partial charge on any atom is -0.489 e. The topological polar surface area (TPSA) is 77.8 Å². The third-order valence-electron chi connectivity index (χ3n) is 4.69. The lowest BCUT2D eigenvalue weighted by molar-refractivity contribution is 0.102. The molecule has 1 amide bonds. The maximum atomic E-state index is 12.9. The molecule has 152 valence electrons.